The maximum atomic E-state index is 13.2. The number of carbonyl (C=O) groups excluding carboxylic acids is 1. The van der Waals surface area contributed by atoms with Crippen molar-refractivity contribution in [3.63, 3.8) is 0 Å². The number of aromatic amines is 1. The molecule has 0 saturated carbocycles. The smallest absolute Gasteiger partial charge is 0.242 e. The minimum atomic E-state index is -0.469. The standard InChI is InChI=1S/C22H20N4OS2/c1-14-11-15(2)13-17(12-14)23-21(27)19(16-7-4-3-5-8-16)29-22-24-20(25-26-22)18-9-6-10-28-18/h3-13,19H,1-2H3,(H,23,27)(H,24,25,26)/t19-/m0/s1. The third-order valence-corrected chi connectivity index (χ3v) is 6.26. The molecule has 0 radical (unpaired) electrons. The SMILES string of the molecule is Cc1cc(C)cc(NC(=O)[C@@H](Sc2n[nH]c(-c3cccs3)n2)c2ccccc2)c1. The molecular weight excluding hydrogens is 400 g/mol. The Morgan fingerprint density at radius 3 is 2.52 bits per heavy atom. The molecule has 0 spiro atoms. The quantitative estimate of drug-likeness (QED) is 0.397. The Morgan fingerprint density at radius 2 is 1.83 bits per heavy atom. The molecule has 4 aromatic rings. The molecule has 4 rings (SSSR count). The summed E-state index contributed by atoms with van der Waals surface area (Å²) in [7, 11) is 0. The molecule has 1 atom stereocenters. The molecule has 2 N–H and O–H groups in total. The van der Waals surface area contributed by atoms with Crippen LogP contribution in [0.2, 0.25) is 0 Å². The average Bonchev–Trinajstić information content (AvgIpc) is 3.37. The van der Waals surface area contributed by atoms with Crippen LogP contribution in [0.1, 0.15) is 21.9 Å². The highest BCUT2D eigenvalue weighted by molar-refractivity contribution is 8.00. The van der Waals surface area contributed by atoms with E-state index < -0.39 is 5.25 Å². The number of nitrogens with zero attached hydrogens (tertiary/aromatic N) is 2. The Balaban J connectivity index is 1.59. The molecule has 0 fully saturated rings. The maximum Gasteiger partial charge on any atom is 0.242 e. The molecule has 1 amide bonds. The van der Waals surface area contributed by atoms with Crippen molar-refractivity contribution in [2.45, 2.75) is 24.3 Å². The number of hydrogen-bond donors (Lipinski definition) is 2. The number of H-pyrrole nitrogens is 1. The first kappa shape index (κ1) is 19.4. The summed E-state index contributed by atoms with van der Waals surface area (Å²) in [6.45, 7) is 4.04. The lowest BCUT2D eigenvalue weighted by Crippen LogP contribution is -2.19. The van der Waals surface area contributed by atoms with Gasteiger partial charge in [0.1, 0.15) is 5.25 Å². The first-order valence-electron chi connectivity index (χ1n) is 9.15. The fourth-order valence-corrected chi connectivity index (χ4v) is 4.66. The molecule has 29 heavy (non-hydrogen) atoms. The highest BCUT2D eigenvalue weighted by Crippen LogP contribution is 2.35. The zero-order chi connectivity index (χ0) is 20.2. The number of hydrogen-bond acceptors (Lipinski definition) is 5. The van der Waals surface area contributed by atoms with Crippen molar-refractivity contribution in [3.8, 4) is 10.7 Å². The van der Waals surface area contributed by atoms with E-state index >= 15 is 0 Å². The predicted molar refractivity (Wildman–Crippen MR) is 119 cm³/mol. The zero-order valence-corrected chi connectivity index (χ0v) is 17.7. The Labute approximate surface area is 177 Å². The van der Waals surface area contributed by atoms with Gasteiger partial charge in [-0.15, -0.1) is 16.4 Å². The average molecular weight is 421 g/mol. The van der Waals surface area contributed by atoms with E-state index in [1.54, 1.807) is 11.3 Å². The Morgan fingerprint density at radius 1 is 1.07 bits per heavy atom. The molecule has 0 aliphatic heterocycles. The van der Waals surface area contributed by atoms with Gasteiger partial charge in [0.05, 0.1) is 4.88 Å². The highest BCUT2D eigenvalue weighted by atomic mass is 32.2. The number of thioether (sulfide) groups is 1. The van der Waals surface area contributed by atoms with Gasteiger partial charge in [0.15, 0.2) is 5.82 Å². The van der Waals surface area contributed by atoms with Crippen LogP contribution in [0, 0.1) is 13.8 Å². The number of anilines is 1. The van der Waals surface area contributed by atoms with Crippen LogP contribution in [-0.4, -0.2) is 21.1 Å². The van der Waals surface area contributed by atoms with Crippen molar-refractivity contribution >= 4 is 34.7 Å². The lowest BCUT2D eigenvalue weighted by Gasteiger charge is -2.16. The van der Waals surface area contributed by atoms with Crippen LogP contribution in [0.4, 0.5) is 5.69 Å². The van der Waals surface area contributed by atoms with E-state index in [4.69, 9.17) is 0 Å². The van der Waals surface area contributed by atoms with Gasteiger partial charge in [-0.25, -0.2) is 4.98 Å². The number of amides is 1. The van der Waals surface area contributed by atoms with Gasteiger partial charge in [-0.1, -0.05) is 54.2 Å². The van der Waals surface area contributed by atoms with Crippen molar-refractivity contribution in [1.82, 2.24) is 15.2 Å². The van der Waals surface area contributed by atoms with E-state index in [1.807, 2.05) is 73.8 Å². The summed E-state index contributed by atoms with van der Waals surface area (Å²) in [6.07, 6.45) is 0. The van der Waals surface area contributed by atoms with Gasteiger partial charge >= 0.3 is 0 Å². The van der Waals surface area contributed by atoms with Crippen LogP contribution >= 0.6 is 23.1 Å². The second-order valence-electron chi connectivity index (χ2n) is 6.72. The first-order valence-corrected chi connectivity index (χ1v) is 10.9. The number of rotatable bonds is 6. The lowest BCUT2D eigenvalue weighted by atomic mass is 10.1. The monoisotopic (exact) mass is 420 g/mol. The fraction of sp³-hybridized carbons (Fsp3) is 0.136. The maximum absolute atomic E-state index is 13.2. The molecule has 146 valence electrons. The van der Waals surface area contributed by atoms with Gasteiger partial charge in [-0.3, -0.25) is 9.89 Å². The summed E-state index contributed by atoms with van der Waals surface area (Å²) in [6, 6.07) is 19.7. The molecule has 2 aromatic heterocycles. The number of benzene rings is 2. The van der Waals surface area contributed by atoms with Crippen LogP contribution in [0.3, 0.4) is 0 Å². The van der Waals surface area contributed by atoms with Gasteiger partial charge in [0, 0.05) is 5.69 Å². The van der Waals surface area contributed by atoms with Crippen molar-refractivity contribution in [2.24, 2.45) is 0 Å². The van der Waals surface area contributed by atoms with Gasteiger partial charge in [-0.2, -0.15) is 0 Å². The van der Waals surface area contributed by atoms with E-state index in [-0.39, 0.29) is 5.91 Å². The minimum Gasteiger partial charge on any atom is -0.325 e. The van der Waals surface area contributed by atoms with Crippen LogP contribution in [0.15, 0.2) is 71.2 Å². The summed E-state index contributed by atoms with van der Waals surface area (Å²) in [5.41, 5.74) is 3.92. The van der Waals surface area contributed by atoms with Gasteiger partial charge in [-0.05, 0) is 54.1 Å². The summed E-state index contributed by atoms with van der Waals surface area (Å²) in [4.78, 5) is 18.8. The topological polar surface area (TPSA) is 70.7 Å². The van der Waals surface area contributed by atoms with Crippen molar-refractivity contribution in [2.75, 3.05) is 5.32 Å². The number of carbonyl (C=O) groups is 1. The molecule has 2 aromatic carbocycles. The molecule has 7 heteroatoms. The van der Waals surface area contributed by atoms with E-state index in [2.05, 4.69) is 26.6 Å². The van der Waals surface area contributed by atoms with Crippen LogP contribution in [0.25, 0.3) is 10.7 Å². The molecular formula is C22H20N4OS2. The Bertz CT molecular complexity index is 1090. The van der Waals surface area contributed by atoms with E-state index in [0.717, 1.165) is 27.3 Å². The van der Waals surface area contributed by atoms with E-state index in [0.29, 0.717) is 11.0 Å². The van der Waals surface area contributed by atoms with Crippen LogP contribution in [0.5, 0.6) is 0 Å². The molecule has 2 heterocycles. The molecule has 0 aliphatic carbocycles. The number of nitrogens with one attached hydrogen (secondary N) is 2. The van der Waals surface area contributed by atoms with Gasteiger partial charge in [0.2, 0.25) is 11.1 Å². The normalized spacial score (nSPS) is 11.9. The zero-order valence-electron chi connectivity index (χ0n) is 16.0. The summed E-state index contributed by atoms with van der Waals surface area (Å²) >= 11 is 2.93. The molecule has 0 bridgehead atoms. The molecule has 0 unspecified atom stereocenters. The highest BCUT2D eigenvalue weighted by Gasteiger charge is 2.24. The first-order chi connectivity index (χ1) is 14.1. The molecule has 5 nitrogen and oxygen atoms in total. The summed E-state index contributed by atoms with van der Waals surface area (Å²) in [5, 5.41) is 12.4. The third kappa shape index (κ3) is 4.75. The predicted octanol–water partition coefficient (Wildman–Crippen LogP) is 5.62. The largest absolute Gasteiger partial charge is 0.325 e. The Hall–Kier alpha value is -2.90. The van der Waals surface area contributed by atoms with Crippen molar-refractivity contribution in [1.29, 1.82) is 0 Å². The van der Waals surface area contributed by atoms with Crippen LogP contribution < -0.4 is 5.32 Å². The lowest BCUT2D eigenvalue weighted by molar-refractivity contribution is -0.115. The second kappa shape index (κ2) is 8.63. The van der Waals surface area contributed by atoms with E-state index in [1.165, 1.54) is 11.8 Å². The Kier molecular flexibility index (Phi) is 5.78. The number of aromatic nitrogens is 3. The van der Waals surface area contributed by atoms with Gasteiger partial charge < -0.3 is 5.32 Å². The van der Waals surface area contributed by atoms with Crippen molar-refractivity contribution < 1.29 is 4.79 Å². The van der Waals surface area contributed by atoms with Gasteiger partial charge in [0.25, 0.3) is 0 Å². The number of thiophene rings is 1. The van der Waals surface area contributed by atoms with E-state index in [9.17, 15) is 4.79 Å². The molecule has 0 aliphatic rings. The minimum absolute atomic E-state index is 0.103. The summed E-state index contributed by atoms with van der Waals surface area (Å²) < 4.78 is 0. The fourth-order valence-electron chi connectivity index (χ4n) is 3.08. The third-order valence-electron chi connectivity index (χ3n) is 4.27. The van der Waals surface area contributed by atoms with Crippen molar-refractivity contribution in [3.05, 3.63) is 82.7 Å². The number of aryl methyl sites for hydroxylation is 2. The molecule has 0 saturated heterocycles. The van der Waals surface area contributed by atoms with Crippen LogP contribution in [-0.2, 0) is 4.79 Å². The second-order valence-corrected chi connectivity index (χ2v) is 8.74. The summed E-state index contributed by atoms with van der Waals surface area (Å²) in [5.74, 6) is 0.609.